The summed E-state index contributed by atoms with van der Waals surface area (Å²) in [6.07, 6.45) is 2.58. The first-order valence-corrected chi connectivity index (χ1v) is 7.74. The molecular formula is C16H21ClN2O2. The summed E-state index contributed by atoms with van der Waals surface area (Å²) >= 11 is 5.86. The molecule has 0 aliphatic carbocycles. The van der Waals surface area contributed by atoms with E-state index in [0.29, 0.717) is 24.5 Å². The molecule has 2 amide bonds. The molecule has 0 aromatic heterocycles. The zero-order valence-corrected chi connectivity index (χ0v) is 13.3. The molecule has 1 aromatic carbocycles. The van der Waals surface area contributed by atoms with Crippen LogP contribution in [0.15, 0.2) is 24.3 Å². The smallest absolute Gasteiger partial charge is 0.239 e. The van der Waals surface area contributed by atoms with Gasteiger partial charge in [-0.1, -0.05) is 24.9 Å². The van der Waals surface area contributed by atoms with Gasteiger partial charge in [-0.05, 0) is 37.1 Å². The summed E-state index contributed by atoms with van der Waals surface area (Å²) in [7, 11) is 1.77. The third-order valence-corrected chi connectivity index (χ3v) is 4.12. The molecule has 1 aromatic rings. The van der Waals surface area contributed by atoms with Crippen molar-refractivity contribution in [3.63, 3.8) is 0 Å². The van der Waals surface area contributed by atoms with Crippen molar-refractivity contribution in [3.05, 3.63) is 29.3 Å². The van der Waals surface area contributed by atoms with E-state index in [9.17, 15) is 9.59 Å². The zero-order valence-electron chi connectivity index (χ0n) is 12.5. The summed E-state index contributed by atoms with van der Waals surface area (Å²) in [5.74, 6) is -0.710. The number of carbonyl (C=O) groups excluding carboxylic acids is 2. The van der Waals surface area contributed by atoms with Crippen molar-refractivity contribution in [2.24, 2.45) is 5.92 Å². The molecule has 1 atom stereocenters. The highest BCUT2D eigenvalue weighted by molar-refractivity contribution is 6.30. The Balaban J connectivity index is 2.04. The van der Waals surface area contributed by atoms with E-state index in [0.717, 1.165) is 18.5 Å². The molecular weight excluding hydrogens is 288 g/mol. The van der Waals surface area contributed by atoms with Crippen LogP contribution in [0.5, 0.6) is 0 Å². The molecule has 21 heavy (non-hydrogen) atoms. The fraction of sp³-hybridized carbons (Fsp3) is 0.500. The summed E-state index contributed by atoms with van der Waals surface area (Å²) in [4.78, 5) is 28.2. The van der Waals surface area contributed by atoms with Gasteiger partial charge in [-0.3, -0.25) is 9.59 Å². The Morgan fingerprint density at radius 2 is 2.05 bits per heavy atom. The SMILES string of the molecule is CCCCN(C)C(=O)[C@@H]1CCN(c2ccc(Cl)cc2)C1=O. The highest BCUT2D eigenvalue weighted by Crippen LogP contribution is 2.27. The van der Waals surface area contributed by atoms with Crippen LogP contribution in [0, 0.1) is 5.92 Å². The molecule has 0 N–H and O–H groups in total. The normalized spacial score (nSPS) is 18.1. The van der Waals surface area contributed by atoms with Gasteiger partial charge in [-0.2, -0.15) is 0 Å². The number of benzene rings is 1. The number of carbonyl (C=O) groups is 2. The first kappa shape index (κ1) is 15.8. The second-order valence-electron chi connectivity index (χ2n) is 5.42. The molecule has 0 bridgehead atoms. The first-order valence-electron chi connectivity index (χ1n) is 7.36. The van der Waals surface area contributed by atoms with Gasteiger partial charge >= 0.3 is 0 Å². The molecule has 4 nitrogen and oxygen atoms in total. The number of amides is 2. The van der Waals surface area contributed by atoms with Gasteiger partial charge in [0, 0.05) is 30.8 Å². The van der Waals surface area contributed by atoms with E-state index in [4.69, 9.17) is 11.6 Å². The van der Waals surface area contributed by atoms with Crippen LogP contribution in [0.1, 0.15) is 26.2 Å². The van der Waals surface area contributed by atoms with Crippen LogP contribution in [-0.4, -0.2) is 36.9 Å². The van der Waals surface area contributed by atoms with Crippen LogP contribution in [0.4, 0.5) is 5.69 Å². The second-order valence-corrected chi connectivity index (χ2v) is 5.86. The van der Waals surface area contributed by atoms with Gasteiger partial charge in [0.2, 0.25) is 11.8 Å². The quantitative estimate of drug-likeness (QED) is 0.785. The number of hydrogen-bond acceptors (Lipinski definition) is 2. The van der Waals surface area contributed by atoms with Crippen molar-refractivity contribution < 1.29 is 9.59 Å². The average Bonchev–Trinajstić information content (AvgIpc) is 2.86. The van der Waals surface area contributed by atoms with Crippen LogP contribution in [-0.2, 0) is 9.59 Å². The van der Waals surface area contributed by atoms with Gasteiger partial charge < -0.3 is 9.80 Å². The first-order chi connectivity index (χ1) is 10.0. The van der Waals surface area contributed by atoms with Gasteiger partial charge in [-0.15, -0.1) is 0 Å². The third-order valence-electron chi connectivity index (χ3n) is 3.87. The van der Waals surface area contributed by atoms with E-state index in [-0.39, 0.29) is 11.8 Å². The molecule has 114 valence electrons. The minimum Gasteiger partial charge on any atom is -0.345 e. The van der Waals surface area contributed by atoms with Crippen LogP contribution in [0.2, 0.25) is 5.02 Å². The second kappa shape index (κ2) is 6.94. The monoisotopic (exact) mass is 308 g/mol. The van der Waals surface area contributed by atoms with Crippen LogP contribution in [0.25, 0.3) is 0 Å². The third kappa shape index (κ3) is 3.56. The number of anilines is 1. The molecule has 1 aliphatic rings. The lowest BCUT2D eigenvalue weighted by atomic mass is 10.1. The van der Waals surface area contributed by atoms with Crippen LogP contribution in [0.3, 0.4) is 0 Å². The Morgan fingerprint density at radius 3 is 2.67 bits per heavy atom. The molecule has 2 rings (SSSR count). The molecule has 5 heteroatoms. The van der Waals surface area contributed by atoms with Crippen molar-refractivity contribution in [3.8, 4) is 0 Å². The van der Waals surface area contributed by atoms with Gasteiger partial charge in [-0.25, -0.2) is 0 Å². The lowest BCUT2D eigenvalue weighted by molar-refractivity contribution is -0.138. The Kier molecular flexibility index (Phi) is 5.23. The Hall–Kier alpha value is -1.55. The van der Waals surface area contributed by atoms with E-state index in [2.05, 4.69) is 6.92 Å². The number of halogens is 1. The Labute approximate surface area is 130 Å². The molecule has 1 heterocycles. The van der Waals surface area contributed by atoms with Crippen LogP contribution >= 0.6 is 11.6 Å². The standard InChI is InChI=1S/C16H21ClN2O2/c1-3-4-10-18(2)15(20)14-9-11-19(16(14)21)13-7-5-12(17)6-8-13/h5-8,14H,3-4,9-11H2,1-2H3/t14-/m0/s1. The van der Waals surface area contributed by atoms with Crippen molar-refractivity contribution >= 4 is 29.1 Å². The number of unbranched alkanes of at least 4 members (excludes halogenated alkanes) is 1. The lowest BCUT2D eigenvalue weighted by Gasteiger charge is -2.21. The summed E-state index contributed by atoms with van der Waals surface area (Å²) in [6, 6.07) is 7.14. The maximum absolute atomic E-state index is 12.5. The van der Waals surface area contributed by atoms with E-state index in [1.807, 2.05) is 12.1 Å². The number of hydrogen-bond donors (Lipinski definition) is 0. The van der Waals surface area contributed by atoms with Crippen molar-refractivity contribution in [1.82, 2.24) is 4.90 Å². The zero-order chi connectivity index (χ0) is 15.4. The van der Waals surface area contributed by atoms with E-state index in [1.54, 1.807) is 29.0 Å². The highest BCUT2D eigenvalue weighted by Gasteiger charge is 2.38. The molecule has 0 spiro atoms. The Bertz CT molecular complexity index is 516. The molecule has 1 saturated heterocycles. The van der Waals surface area contributed by atoms with Crippen molar-refractivity contribution in [1.29, 1.82) is 0 Å². The number of rotatable bonds is 5. The van der Waals surface area contributed by atoms with Gasteiger partial charge in [0.05, 0.1) is 0 Å². The molecule has 0 saturated carbocycles. The van der Waals surface area contributed by atoms with E-state index >= 15 is 0 Å². The van der Waals surface area contributed by atoms with Gasteiger partial charge in [0.15, 0.2) is 0 Å². The Morgan fingerprint density at radius 1 is 1.38 bits per heavy atom. The highest BCUT2D eigenvalue weighted by atomic mass is 35.5. The maximum Gasteiger partial charge on any atom is 0.239 e. The van der Waals surface area contributed by atoms with Crippen molar-refractivity contribution in [2.45, 2.75) is 26.2 Å². The predicted molar refractivity (Wildman–Crippen MR) is 84.5 cm³/mol. The fourth-order valence-electron chi connectivity index (χ4n) is 2.56. The molecule has 1 aliphatic heterocycles. The van der Waals surface area contributed by atoms with E-state index < -0.39 is 5.92 Å². The largest absolute Gasteiger partial charge is 0.345 e. The minimum absolute atomic E-state index is 0.0649. The summed E-state index contributed by atoms with van der Waals surface area (Å²) in [5.41, 5.74) is 0.802. The molecule has 1 fully saturated rings. The van der Waals surface area contributed by atoms with E-state index in [1.165, 1.54) is 0 Å². The molecule has 0 radical (unpaired) electrons. The van der Waals surface area contributed by atoms with Crippen molar-refractivity contribution in [2.75, 3.05) is 25.0 Å². The van der Waals surface area contributed by atoms with Gasteiger partial charge in [0.25, 0.3) is 0 Å². The summed E-state index contributed by atoms with van der Waals surface area (Å²) in [6.45, 7) is 3.37. The predicted octanol–water partition coefficient (Wildman–Crippen LogP) is 2.95. The van der Waals surface area contributed by atoms with Gasteiger partial charge in [0.1, 0.15) is 5.92 Å². The maximum atomic E-state index is 12.5. The lowest BCUT2D eigenvalue weighted by Crippen LogP contribution is -2.38. The average molecular weight is 309 g/mol. The topological polar surface area (TPSA) is 40.6 Å². The molecule has 0 unspecified atom stereocenters. The minimum atomic E-state index is -0.539. The fourth-order valence-corrected chi connectivity index (χ4v) is 2.68. The number of nitrogens with zero attached hydrogens (tertiary/aromatic N) is 2. The summed E-state index contributed by atoms with van der Waals surface area (Å²) < 4.78 is 0. The van der Waals surface area contributed by atoms with Crippen LogP contribution < -0.4 is 4.90 Å². The summed E-state index contributed by atoms with van der Waals surface area (Å²) in [5, 5.41) is 0.636.